The Kier molecular flexibility index (Phi) is 10.9. The van der Waals surface area contributed by atoms with Gasteiger partial charge in [-0.05, 0) is 58.8 Å². The second kappa shape index (κ2) is 16.0. The number of fused-ring (bicyclic) bond motifs is 4. The van der Waals surface area contributed by atoms with Crippen molar-refractivity contribution in [3.63, 3.8) is 0 Å². The Hall–Kier alpha value is -5.68. The molecule has 0 fully saturated rings. The maximum absolute atomic E-state index is 6.47. The Balaban J connectivity index is 0.000000262. The Labute approximate surface area is 336 Å². The van der Waals surface area contributed by atoms with E-state index in [1.807, 2.05) is 67.8 Å². The largest absolute Gasteiger partial charge is 0.501 e. The van der Waals surface area contributed by atoms with Crippen molar-refractivity contribution in [2.75, 3.05) is 0 Å². The van der Waals surface area contributed by atoms with Crippen LogP contribution in [0.4, 0.5) is 0 Å². The van der Waals surface area contributed by atoms with Crippen LogP contribution in [-0.4, -0.2) is 19.5 Å². The summed E-state index contributed by atoms with van der Waals surface area (Å²) in [5.74, 6) is 1.41. The molecule has 0 saturated heterocycles. The first-order valence-electron chi connectivity index (χ1n) is 18.6. The quantitative estimate of drug-likeness (QED) is 0.156. The number of para-hydroxylation sites is 2. The molecule has 5 aromatic carbocycles. The topological polar surface area (TPSA) is 56.7 Å². The number of aryl methyl sites for hydroxylation is 2. The minimum absolute atomic E-state index is 0. The summed E-state index contributed by atoms with van der Waals surface area (Å²) in [7, 11) is 0. The second-order valence-electron chi connectivity index (χ2n) is 14.5. The summed E-state index contributed by atoms with van der Waals surface area (Å²) in [6.07, 6.45) is 3.83. The van der Waals surface area contributed by atoms with Gasteiger partial charge in [-0.3, -0.25) is 4.98 Å². The van der Waals surface area contributed by atoms with Crippen molar-refractivity contribution in [1.82, 2.24) is 19.5 Å². The van der Waals surface area contributed by atoms with E-state index in [1.165, 1.54) is 22.3 Å². The molecule has 1 radical (unpaired) electrons. The first kappa shape index (κ1) is 37.6. The van der Waals surface area contributed by atoms with Crippen molar-refractivity contribution in [3.8, 4) is 39.5 Å². The molecule has 0 aliphatic carbocycles. The van der Waals surface area contributed by atoms with Crippen molar-refractivity contribution < 1.29 is 24.5 Å². The zero-order valence-electron chi connectivity index (χ0n) is 31.9. The zero-order valence-corrected chi connectivity index (χ0v) is 34.3. The van der Waals surface area contributed by atoms with Gasteiger partial charge in [-0.15, -0.1) is 53.6 Å². The van der Waals surface area contributed by atoms with Crippen LogP contribution in [0.1, 0.15) is 61.8 Å². The fourth-order valence-electron chi connectivity index (χ4n) is 7.05. The molecule has 0 N–H and O–H groups in total. The number of rotatable bonds is 6. The van der Waals surface area contributed by atoms with Gasteiger partial charge in [0.15, 0.2) is 5.65 Å². The van der Waals surface area contributed by atoms with Gasteiger partial charge in [0.25, 0.3) is 0 Å². The molecule has 0 atom stereocenters. The van der Waals surface area contributed by atoms with E-state index >= 15 is 0 Å². The third-order valence-electron chi connectivity index (χ3n) is 9.89. The number of nitrogens with zero attached hydrogens (tertiary/aromatic N) is 4. The van der Waals surface area contributed by atoms with Crippen LogP contribution in [0.2, 0.25) is 0 Å². The van der Waals surface area contributed by atoms with E-state index in [0.717, 1.165) is 72.6 Å². The average molecular weight is 895 g/mol. The van der Waals surface area contributed by atoms with Crippen molar-refractivity contribution in [2.45, 2.75) is 53.4 Å². The Morgan fingerprint density at radius 3 is 2.07 bits per heavy atom. The van der Waals surface area contributed by atoms with Crippen molar-refractivity contribution >= 4 is 33.1 Å². The van der Waals surface area contributed by atoms with Crippen molar-refractivity contribution in [1.29, 1.82) is 0 Å². The maximum atomic E-state index is 6.47. The normalized spacial score (nSPS) is 11.3. The average Bonchev–Trinajstić information content (AvgIpc) is 3.77. The number of hydrogen-bond donors (Lipinski definition) is 0. The SMILES string of the molecule is CC(C)c1cccc(C(C)C)c1-n1c(-c2[c-]ccc3c2oc2ccccc23)nc2cc(-c3ccccc3)cnc21.Cc1c[c-]c(-c2ccc(C)cn2)cc1.[Ir]. The predicted molar refractivity (Wildman–Crippen MR) is 222 cm³/mol. The molecule has 0 spiro atoms. The van der Waals surface area contributed by atoms with Gasteiger partial charge in [-0.2, -0.15) is 0 Å². The summed E-state index contributed by atoms with van der Waals surface area (Å²) in [6, 6.07) is 48.2. The molecule has 0 amide bonds. The van der Waals surface area contributed by atoms with Crippen LogP contribution in [0.15, 0.2) is 138 Å². The summed E-state index contributed by atoms with van der Waals surface area (Å²) in [6.45, 7) is 13.1. The molecule has 0 aliphatic heterocycles. The number of benzene rings is 5. The smallest absolute Gasteiger partial charge is 0.155 e. The maximum Gasteiger partial charge on any atom is 0.155 e. The van der Waals surface area contributed by atoms with Crippen LogP contribution in [0.3, 0.4) is 0 Å². The van der Waals surface area contributed by atoms with Gasteiger partial charge in [-0.1, -0.05) is 124 Å². The first-order chi connectivity index (χ1) is 26.3. The van der Waals surface area contributed by atoms with Crippen LogP contribution in [0.5, 0.6) is 0 Å². The van der Waals surface area contributed by atoms with Gasteiger partial charge in [0.1, 0.15) is 5.58 Å². The summed E-state index contributed by atoms with van der Waals surface area (Å²) >= 11 is 0. The van der Waals surface area contributed by atoms with Crippen molar-refractivity contribution in [3.05, 3.63) is 168 Å². The zero-order chi connectivity index (χ0) is 37.3. The predicted octanol–water partition coefficient (Wildman–Crippen LogP) is 12.9. The van der Waals surface area contributed by atoms with Crippen LogP contribution in [-0.2, 0) is 20.1 Å². The number of furan rings is 1. The molecule has 0 aliphatic rings. The monoisotopic (exact) mass is 895 g/mol. The third kappa shape index (κ3) is 7.41. The number of hydrogen-bond acceptors (Lipinski definition) is 4. The van der Waals surface area contributed by atoms with Crippen LogP contribution < -0.4 is 0 Å². The Morgan fingerprint density at radius 1 is 0.655 bits per heavy atom. The summed E-state index contributed by atoms with van der Waals surface area (Å²) in [5, 5.41) is 2.15. The molecule has 275 valence electrons. The molecular weight excluding hydrogens is 853 g/mol. The number of imidazole rings is 1. The van der Waals surface area contributed by atoms with Gasteiger partial charge in [0.05, 0.1) is 16.9 Å². The molecule has 4 heterocycles. The fourth-order valence-corrected chi connectivity index (χ4v) is 7.05. The van der Waals surface area contributed by atoms with Crippen LogP contribution in [0.25, 0.3) is 72.6 Å². The summed E-state index contributed by atoms with van der Waals surface area (Å²) < 4.78 is 8.71. The Morgan fingerprint density at radius 2 is 1.38 bits per heavy atom. The summed E-state index contributed by atoms with van der Waals surface area (Å²) in [5.41, 5.74) is 14.4. The van der Waals surface area contributed by atoms with Gasteiger partial charge in [-0.25, -0.2) is 4.98 Å². The van der Waals surface area contributed by atoms with E-state index in [1.54, 1.807) is 0 Å². The molecule has 0 bridgehead atoms. The van der Waals surface area contributed by atoms with Gasteiger partial charge in [0.2, 0.25) is 0 Å². The Bertz CT molecular complexity index is 2660. The molecule has 0 saturated carbocycles. The van der Waals surface area contributed by atoms with E-state index in [0.29, 0.717) is 11.8 Å². The minimum atomic E-state index is 0. The molecule has 0 unspecified atom stereocenters. The van der Waals surface area contributed by atoms with E-state index < -0.39 is 0 Å². The molecule has 4 aromatic heterocycles. The second-order valence-corrected chi connectivity index (χ2v) is 14.5. The number of aromatic nitrogens is 4. The molecule has 5 nitrogen and oxygen atoms in total. The third-order valence-corrected chi connectivity index (χ3v) is 9.89. The first-order valence-corrected chi connectivity index (χ1v) is 18.6. The molecule has 6 heteroatoms. The molecule has 55 heavy (non-hydrogen) atoms. The van der Waals surface area contributed by atoms with Crippen LogP contribution >= 0.6 is 0 Å². The molecule has 9 rings (SSSR count). The standard InChI is InChI=1S/C36H30N3O.C13H12N.Ir/c1-22(2)26-15-10-16-27(23(3)4)33(26)39-35(30-18-11-17-29-28-14-8-9-19-32(28)40-34(29)30)38-31-20-25(21-37-36(31)39)24-12-6-5-7-13-24;1-10-3-6-12(7-4-10)13-8-5-11(2)9-14-13;/h5-17,19-23H,1-4H3;3-6,8-9H,1-2H3;/q2*-1;. The van der Waals surface area contributed by atoms with Crippen molar-refractivity contribution in [2.24, 2.45) is 0 Å². The van der Waals surface area contributed by atoms with Crippen LogP contribution in [0, 0.1) is 26.0 Å². The van der Waals surface area contributed by atoms with E-state index in [-0.39, 0.29) is 20.1 Å². The van der Waals surface area contributed by atoms with E-state index in [2.05, 4.69) is 129 Å². The summed E-state index contributed by atoms with van der Waals surface area (Å²) in [4.78, 5) is 14.7. The minimum Gasteiger partial charge on any atom is -0.501 e. The van der Waals surface area contributed by atoms with Gasteiger partial charge < -0.3 is 14.0 Å². The number of pyridine rings is 2. The van der Waals surface area contributed by atoms with Gasteiger partial charge in [0, 0.05) is 49.1 Å². The van der Waals surface area contributed by atoms with E-state index in [9.17, 15) is 0 Å². The van der Waals surface area contributed by atoms with Gasteiger partial charge >= 0.3 is 0 Å². The van der Waals surface area contributed by atoms with E-state index in [4.69, 9.17) is 14.4 Å². The fraction of sp³-hybridized carbons (Fsp3) is 0.163. The molecule has 9 aromatic rings. The molecular formula is C49H42IrN4O-2.